The normalized spacial score (nSPS) is 19.7. The van der Waals surface area contributed by atoms with Gasteiger partial charge in [0.15, 0.2) is 0 Å². The second-order valence-electron chi connectivity index (χ2n) is 7.53. The molecule has 1 aliphatic carbocycles. The van der Waals surface area contributed by atoms with Gasteiger partial charge in [-0.3, -0.25) is 14.4 Å². The first-order valence-corrected chi connectivity index (χ1v) is 9.81. The third-order valence-electron chi connectivity index (χ3n) is 5.52. The maximum Gasteiger partial charge on any atom is 0.300 e. The van der Waals surface area contributed by atoms with E-state index in [4.69, 9.17) is 15.6 Å². The van der Waals surface area contributed by atoms with Crippen molar-refractivity contribution >= 4 is 11.9 Å². The number of carbonyl (C=O) groups is 2. The summed E-state index contributed by atoms with van der Waals surface area (Å²) < 4.78 is 0. The number of nitrogens with zero attached hydrogens (tertiary/aromatic N) is 1. The van der Waals surface area contributed by atoms with Crippen molar-refractivity contribution in [3.05, 3.63) is 34.2 Å². The van der Waals surface area contributed by atoms with E-state index in [0.717, 1.165) is 51.3 Å². The predicted molar refractivity (Wildman–Crippen MR) is 103 cm³/mol. The third-order valence-corrected chi connectivity index (χ3v) is 5.52. The maximum absolute atomic E-state index is 12.6. The molecule has 4 N–H and O–H groups in total. The van der Waals surface area contributed by atoms with E-state index in [9.17, 15) is 9.59 Å². The van der Waals surface area contributed by atoms with Crippen molar-refractivity contribution in [3.63, 3.8) is 0 Å². The SMILES string of the molecule is CC(=O)O.N[C@H](C(=O)N1CCC(c2cc[nH]c(=O)c2)CC1)C1CCCCC1. The van der Waals surface area contributed by atoms with E-state index in [0.29, 0.717) is 11.8 Å². The summed E-state index contributed by atoms with van der Waals surface area (Å²) >= 11 is 0. The van der Waals surface area contributed by atoms with Crippen LogP contribution in [0, 0.1) is 5.92 Å². The molecular weight excluding hydrogens is 346 g/mol. The number of likely N-dealkylation sites (tertiary alicyclic amines) is 1. The zero-order valence-electron chi connectivity index (χ0n) is 16.0. The highest BCUT2D eigenvalue weighted by Gasteiger charge is 2.31. The van der Waals surface area contributed by atoms with Crippen molar-refractivity contribution in [2.45, 2.75) is 63.8 Å². The fourth-order valence-electron chi connectivity index (χ4n) is 4.05. The van der Waals surface area contributed by atoms with E-state index in [2.05, 4.69) is 4.98 Å². The Morgan fingerprint density at radius 2 is 1.78 bits per heavy atom. The van der Waals surface area contributed by atoms with E-state index in [1.807, 2.05) is 11.0 Å². The number of rotatable bonds is 3. The monoisotopic (exact) mass is 377 g/mol. The van der Waals surface area contributed by atoms with E-state index < -0.39 is 5.97 Å². The summed E-state index contributed by atoms with van der Waals surface area (Å²) in [5.74, 6) is 0.0233. The van der Waals surface area contributed by atoms with Crippen molar-refractivity contribution in [2.75, 3.05) is 13.1 Å². The van der Waals surface area contributed by atoms with Gasteiger partial charge in [-0.2, -0.15) is 0 Å². The molecule has 1 saturated carbocycles. The molecule has 27 heavy (non-hydrogen) atoms. The van der Waals surface area contributed by atoms with E-state index in [1.165, 1.54) is 19.3 Å². The molecule has 0 unspecified atom stereocenters. The second-order valence-corrected chi connectivity index (χ2v) is 7.53. The van der Waals surface area contributed by atoms with Gasteiger partial charge < -0.3 is 20.7 Å². The van der Waals surface area contributed by atoms with Crippen LogP contribution < -0.4 is 11.3 Å². The minimum Gasteiger partial charge on any atom is -0.481 e. The molecule has 7 nitrogen and oxygen atoms in total. The van der Waals surface area contributed by atoms with Crippen LogP contribution in [-0.2, 0) is 9.59 Å². The van der Waals surface area contributed by atoms with Gasteiger partial charge in [-0.05, 0) is 49.1 Å². The van der Waals surface area contributed by atoms with Crippen LogP contribution in [0.25, 0.3) is 0 Å². The zero-order valence-corrected chi connectivity index (χ0v) is 16.0. The number of aromatic amines is 1. The topological polar surface area (TPSA) is 116 Å². The number of pyridine rings is 1. The van der Waals surface area contributed by atoms with Gasteiger partial charge >= 0.3 is 0 Å². The van der Waals surface area contributed by atoms with Crippen molar-refractivity contribution in [3.8, 4) is 0 Å². The molecule has 1 aromatic heterocycles. The molecule has 1 aromatic rings. The van der Waals surface area contributed by atoms with Crippen molar-refractivity contribution in [1.82, 2.24) is 9.88 Å². The molecule has 3 rings (SSSR count). The van der Waals surface area contributed by atoms with Crippen LogP contribution in [0.1, 0.15) is 63.4 Å². The Morgan fingerprint density at radius 1 is 1.19 bits per heavy atom. The lowest BCUT2D eigenvalue weighted by atomic mass is 9.83. The number of hydrogen-bond donors (Lipinski definition) is 3. The predicted octanol–water partition coefficient (Wildman–Crippen LogP) is 2.08. The summed E-state index contributed by atoms with van der Waals surface area (Å²) in [7, 11) is 0. The Balaban J connectivity index is 0.000000596. The highest BCUT2D eigenvalue weighted by molar-refractivity contribution is 5.82. The van der Waals surface area contributed by atoms with E-state index >= 15 is 0 Å². The maximum atomic E-state index is 12.6. The highest BCUT2D eigenvalue weighted by Crippen LogP contribution is 2.30. The molecule has 1 aliphatic heterocycles. The lowest BCUT2D eigenvalue weighted by Crippen LogP contribution is -2.50. The molecule has 1 amide bonds. The van der Waals surface area contributed by atoms with Crippen molar-refractivity contribution in [1.29, 1.82) is 0 Å². The number of hydrogen-bond acceptors (Lipinski definition) is 4. The highest BCUT2D eigenvalue weighted by atomic mass is 16.4. The smallest absolute Gasteiger partial charge is 0.300 e. The van der Waals surface area contributed by atoms with Crippen LogP contribution in [0.15, 0.2) is 23.1 Å². The molecule has 0 radical (unpaired) electrons. The molecule has 2 fully saturated rings. The van der Waals surface area contributed by atoms with Gasteiger partial charge in [0.25, 0.3) is 5.97 Å². The van der Waals surface area contributed by atoms with Crippen LogP contribution >= 0.6 is 0 Å². The van der Waals surface area contributed by atoms with Gasteiger partial charge in [-0.15, -0.1) is 0 Å². The fourth-order valence-corrected chi connectivity index (χ4v) is 4.05. The molecular formula is C20H31N3O4. The summed E-state index contributed by atoms with van der Waals surface area (Å²) in [5.41, 5.74) is 7.28. The third kappa shape index (κ3) is 6.50. The average Bonchev–Trinajstić information content (AvgIpc) is 2.67. The van der Waals surface area contributed by atoms with Crippen LogP contribution in [0.2, 0.25) is 0 Å². The number of carboxylic acids is 1. The number of carboxylic acid groups (broad SMARTS) is 1. The van der Waals surface area contributed by atoms with Gasteiger partial charge in [0.2, 0.25) is 11.5 Å². The van der Waals surface area contributed by atoms with E-state index in [1.54, 1.807) is 12.3 Å². The minimum absolute atomic E-state index is 0.0553. The summed E-state index contributed by atoms with van der Waals surface area (Å²) in [6.07, 6.45) is 9.39. The van der Waals surface area contributed by atoms with Gasteiger partial charge in [-0.25, -0.2) is 0 Å². The quantitative estimate of drug-likeness (QED) is 0.746. The van der Waals surface area contributed by atoms with Gasteiger partial charge in [0.05, 0.1) is 6.04 Å². The summed E-state index contributed by atoms with van der Waals surface area (Å²) in [6, 6.07) is 3.32. The Bertz CT molecular complexity index is 670. The fraction of sp³-hybridized carbons (Fsp3) is 0.650. The molecule has 1 saturated heterocycles. The number of carbonyl (C=O) groups excluding carboxylic acids is 1. The number of aromatic nitrogens is 1. The zero-order chi connectivity index (χ0) is 19.8. The van der Waals surface area contributed by atoms with Crippen molar-refractivity contribution < 1.29 is 14.7 Å². The number of nitrogens with two attached hydrogens (primary N) is 1. The Morgan fingerprint density at radius 3 is 2.33 bits per heavy atom. The standard InChI is InChI=1S/C18H27N3O2.C2H4O2/c19-17(14-4-2-1-3-5-14)18(23)21-10-7-13(8-11-21)15-6-9-20-16(22)12-15;1-2(3)4/h6,9,12-14,17H,1-5,7-8,10-11,19H2,(H,20,22);1H3,(H,3,4)/t17-;/m0./s1. The van der Waals surface area contributed by atoms with Gasteiger partial charge in [-0.1, -0.05) is 19.3 Å². The largest absolute Gasteiger partial charge is 0.481 e. The van der Waals surface area contributed by atoms with Crippen LogP contribution in [-0.4, -0.2) is 46.0 Å². The molecule has 7 heteroatoms. The summed E-state index contributed by atoms with van der Waals surface area (Å²) in [4.78, 5) is 37.7. The van der Waals surface area contributed by atoms with Crippen molar-refractivity contribution in [2.24, 2.45) is 11.7 Å². The number of piperidine rings is 1. The Kier molecular flexibility index (Phi) is 8.03. The van der Waals surface area contributed by atoms with Gasteiger partial charge in [0.1, 0.15) is 0 Å². The first kappa shape index (κ1) is 21.2. The molecule has 0 aromatic carbocycles. The molecule has 0 spiro atoms. The summed E-state index contributed by atoms with van der Waals surface area (Å²) in [5, 5.41) is 7.42. The Hall–Kier alpha value is -2.15. The second kappa shape index (κ2) is 10.3. The molecule has 1 atom stereocenters. The van der Waals surface area contributed by atoms with Crippen LogP contribution in [0.5, 0.6) is 0 Å². The first-order chi connectivity index (χ1) is 12.9. The lowest BCUT2D eigenvalue weighted by molar-refractivity contribution is -0.135. The average molecular weight is 377 g/mol. The minimum atomic E-state index is -0.833. The van der Waals surface area contributed by atoms with Crippen LogP contribution in [0.3, 0.4) is 0 Å². The van der Waals surface area contributed by atoms with E-state index in [-0.39, 0.29) is 17.5 Å². The first-order valence-electron chi connectivity index (χ1n) is 9.81. The van der Waals surface area contributed by atoms with Crippen LogP contribution in [0.4, 0.5) is 0 Å². The number of nitrogens with one attached hydrogen (secondary N) is 1. The Labute approximate surface area is 159 Å². The number of amides is 1. The number of aliphatic carboxylic acids is 1. The molecule has 2 heterocycles. The molecule has 0 bridgehead atoms. The summed E-state index contributed by atoms with van der Waals surface area (Å²) in [6.45, 7) is 2.58. The lowest BCUT2D eigenvalue weighted by Gasteiger charge is -2.36. The molecule has 2 aliphatic rings. The number of H-pyrrole nitrogens is 1. The molecule has 150 valence electrons. The van der Waals surface area contributed by atoms with Gasteiger partial charge in [0, 0.05) is 32.3 Å².